The van der Waals surface area contributed by atoms with E-state index in [1.54, 1.807) is 0 Å². The van der Waals surface area contributed by atoms with Crippen LogP contribution < -0.4 is 5.32 Å². The van der Waals surface area contributed by atoms with Crippen molar-refractivity contribution in [2.75, 3.05) is 7.05 Å². The molecular formula is C17H24N2. The van der Waals surface area contributed by atoms with Gasteiger partial charge in [0.2, 0.25) is 0 Å². The van der Waals surface area contributed by atoms with Crippen LogP contribution in [0.5, 0.6) is 0 Å². The number of aromatic nitrogens is 1. The molecule has 0 saturated heterocycles. The zero-order valence-corrected chi connectivity index (χ0v) is 12.2. The molecule has 0 amide bonds. The summed E-state index contributed by atoms with van der Waals surface area (Å²) < 4.78 is 0. The van der Waals surface area contributed by atoms with Gasteiger partial charge in [0.25, 0.3) is 0 Å². The second-order valence-electron chi connectivity index (χ2n) is 5.39. The van der Waals surface area contributed by atoms with E-state index < -0.39 is 0 Å². The van der Waals surface area contributed by atoms with Crippen molar-refractivity contribution in [3.63, 3.8) is 0 Å². The van der Waals surface area contributed by atoms with Gasteiger partial charge in [-0.1, -0.05) is 51.0 Å². The fraction of sp³-hybridized carbons (Fsp3) is 0.471. The predicted molar refractivity (Wildman–Crippen MR) is 82.2 cm³/mol. The third-order valence-electron chi connectivity index (χ3n) is 3.80. The molecule has 2 unspecified atom stereocenters. The van der Waals surface area contributed by atoms with Crippen molar-refractivity contribution in [2.45, 2.75) is 39.2 Å². The van der Waals surface area contributed by atoms with Crippen LogP contribution in [0.1, 0.15) is 44.8 Å². The van der Waals surface area contributed by atoms with Gasteiger partial charge in [-0.3, -0.25) is 4.98 Å². The molecule has 2 nitrogen and oxygen atoms in total. The zero-order chi connectivity index (χ0) is 13.7. The molecule has 0 radical (unpaired) electrons. The van der Waals surface area contributed by atoms with E-state index in [4.69, 9.17) is 0 Å². The molecule has 2 rings (SSSR count). The number of hydrogen-bond donors (Lipinski definition) is 1. The summed E-state index contributed by atoms with van der Waals surface area (Å²) in [7, 11) is 2.03. The van der Waals surface area contributed by atoms with E-state index in [0.29, 0.717) is 6.04 Å². The first-order chi connectivity index (χ1) is 9.26. The van der Waals surface area contributed by atoms with Crippen molar-refractivity contribution in [2.24, 2.45) is 5.92 Å². The topological polar surface area (TPSA) is 24.9 Å². The normalized spacial score (nSPS) is 14.5. The van der Waals surface area contributed by atoms with E-state index >= 15 is 0 Å². The van der Waals surface area contributed by atoms with Crippen LogP contribution in [0.15, 0.2) is 36.5 Å². The van der Waals surface area contributed by atoms with Gasteiger partial charge in [-0.2, -0.15) is 0 Å². The van der Waals surface area contributed by atoms with Gasteiger partial charge in [0.05, 0.1) is 11.7 Å². The Kier molecular flexibility index (Phi) is 4.92. The summed E-state index contributed by atoms with van der Waals surface area (Å²) in [5, 5.41) is 5.98. The molecular weight excluding hydrogens is 232 g/mol. The Balaban J connectivity index is 2.30. The van der Waals surface area contributed by atoms with E-state index in [1.807, 2.05) is 13.2 Å². The average molecular weight is 256 g/mol. The number of nitrogens with zero attached hydrogens (tertiary/aromatic N) is 1. The molecule has 2 atom stereocenters. The fourth-order valence-corrected chi connectivity index (χ4v) is 2.80. The van der Waals surface area contributed by atoms with E-state index in [9.17, 15) is 0 Å². The summed E-state index contributed by atoms with van der Waals surface area (Å²) in [6.45, 7) is 4.58. The van der Waals surface area contributed by atoms with Gasteiger partial charge in [-0.15, -0.1) is 0 Å². The minimum Gasteiger partial charge on any atom is -0.312 e. The second-order valence-corrected chi connectivity index (χ2v) is 5.39. The highest BCUT2D eigenvalue weighted by molar-refractivity contribution is 5.84. The molecule has 0 spiro atoms. The summed E-state index contributed by atoms with van der Waals surface area (Å²) in [6.07, 6.45) is 5.60. The Labute approximate surface area is 116 Å². The van der Waals surface area contributed by atoms with Crippen LogP contribution in [0.3, 0.4) is 0 Å². The van der Waals surface area contributed by atoms with Crippen LogP contribution >= 0.6 is 0 Å². The van der Waals surface area contributed by atoms with Crippen molar-refractivity contribution < 1.29 is 0 Å². The molecule has 1 aromatic heterocycles. The fourth-order valence-electron chi connectivity index (χ4n) is 2.80. The molecule has 19 heavy (non-hydrogen) atoms. The van der Waals surface area contributed by atoms with E-state index in [0.717, 1.165) is 12.3 Å². The third-order valence-corrected chi connectivity index (χ3v) is 3.80. The van der Waals surface area contributed by atoms with Crippen LogP contribution in [-0.4, -0.2) is 12.0 Å². The highest BCUT2D eigenvalue weighted by atomic mass is 14.9. The van der Waals surface area contributed by atoms with Crippen LogP contribution in [0.2, 0.25) is 0 Å². The summed E-state index contributed by atoms with van der Waals surface area (Å²) in [4.78, 5) is 4.63. The molecule has 2 heteroatoms. The van der Waals surface area contributed by atoms with Crippen LogP contribution in [0.25, 0.3) is 10.8 Å². The maximum Gasteiger partial charge on any atom is 0.0651 e. The molecule has 102 valence electrons. The first-order valence-electron chi connectivity index (χ1n) is 7.27. The lowest BCUT2D eigenvalue weighted by atomic mass is 9.93. The van der Waals surface area contributed by atoms with Gasteiger partial charge in [-0.25, -0.2) is 0 Å². The molecule has 1 N–H and O–H groups in total. The lowest BCUT2D eigenvalue weighted by Crippen LogP contribution is -2.20. The van der Waals surface area contributed by atoms with Gasteiger partial charge in [0, 0.05) is 11.6 Å². The molecule has 1 aromatic carbocycles. The molecule has 0 fully saturated rings. The molecule has 0 saturated carbocycles. The minimum absolute atomic E-state index is 0.340. The molecule has 0 aliphatic heterocycles. The first kappa shape index (κ1) is 14.0. The van der Waals surface area contributed by atoms with Gasteiger partial charge < -0.3 is 5.32 Å². The first-order valence-corrected chi connectivity index (χ1v) is 7.27. The molecule has 2 aromatic rings. The van der Waals surface area contributed by atoms with Crippen molar-refractivity contribution in [3.05, 3.63) is 42.2 Å². The van der Waals surface area contributed by atoms with Crippen LogP contribution in [0, 0.1) is 5.92 Å². The van der Waals surface area contributed by atoms with Gasteiger partial charge in [-0.05, 0) is 30.8 Å². The number of fused-ring (bicyclic) bond motifs is 1. The summed E-state index contributed by atoms with van der Waals surface area (Å²) in [5.74, 6) is 0.725. The number of nitrogens with one attached hydrogen (secondary N) is 1. The lowest BCUT2D eigenvalue weighted by Gasteiger charge is -2.21. The molecule has 1 heterocycles. The highest BCUT2D eigenvalue weighted by Gasteiger charge is 2.16. The Hall–Kier alpha value is -1.41. The van der Waals surface area contributed by atoms with E-state index in [1.165, 1.54) is 29.3 Å². The van der Waals surface area contributed by atoms with Crippen molar-refractivity contribution in [3.8, 4) is 0 Å². The van der Waals surface area contributed by atoms with Crippen molar-refractivity contribution in [1.29, 1.82) is 0 Å². The van der Waals surface area contributed by atoms with Gasteiger partial charge >= 0.3 is 0 Å². The average Bonchev–Trinajstić information content (AvgIpc) is 2.44. The Bertz CT molecular complexity index is 516. The monoisotopic (exact) mass is 256 g/mol. The molecule has 0 aliphatic carbocycles. The summed E-state index contributed by atoms with van der Waals surface area (Å²) in [6, 6.07) is 10.9. The SMILES string of the molecule is CCCC(C)CC(NC)c1nccc2ccccc12. The number of benzene rings is 1. The summed E-state index contributed by atoms with van der Waals surface area (Å²) >= 11 is 0. The van der Waals surface area contributed by atoms with Crippen LogP contribution in [0.4, 0.5) is 0 Å². The van der Waals surface area contributed by atoms with Crippen molar-refractivity contribution >= 4 is 10.8 Å². The molecule has 0 aliphatic rings. The molecule has 0 bridgehead atoms. The zero-order valence-electron chi connectivity index (χ0n) is 12.2. The van der Waals surface area contributed by atoms with E-state index in [-0.39, 0.29) is 0 Å². The third kappa shape index (κ3) is 3.32. The Morgan fingerprint density at radius 2 is 2.00 bits per heavy atom. The van der Waals surface area contributed by atoms with Crippen LogP contribution in [-0.2, 0) is 0 Å². The van der Waals surface area contributed by atoms with E-state index in [2.05, 4.69) is 54.5 Å². The lowest BCUT2D eigenvalue weighted by molar-refractivity contribution is 0.403. The maximum atomic E-state index is 4.63. The standard InChI is InChI=1S/C17H24N2/c1-4-7-13(2)12-16(18-3)17-15-9-6-5-8-14(15)10-11-19-17/h5-6,8-11,13,16,18H,4,7,12H2,1-3H3. The number of hydrogen-bond acceptors (Lipinski definition) is 2. The number of pyridine rings is 1. The second kappa shape index (κ2) is 6.67. The summed E-state index contributed by atoms with van der Waals surface area (Å²) in [5.41, 5.74) is 1.18. The minimum atomic E-state index is 0.340. The number of rotatable bonds is 6. The Morgan fingerprint density at radius 1 is 1.21 bits per heavy atom. The van der Waals surface area contributed by atoms with Gasteiger partial charge in [0.1, 0.15) is 0 Å². The van der Waals surface area contributed by atoms with Gasteiger partial charge in [0.15, 0.2) is 0 Å². The quantitative estimate of drug-likeness (QED) is 0.832. The largest absolute Gasteiger partial charge is 0.312 e. The predicted octanol–water partition coefficient (Wildman–Crippen LogP) is 4.32. The maximum absolute atomic E-state index is 4.63. The Morgan fingerprint density at radius 3 is 2.74 bits per heavy atom. The highest BCUT2D eigenvalue weighted by Crippen LogP contribution is 2.27. The van der Waals surface area contributed by atoms with Crippen molar-refractivity contribution in [1.82, 2.24) is 10.3 Å². The smallest absolute Gasteiger partial charge is 0.0651 e.